The summed E-state index contributed by atoms with van der Waals surface area (Å²) < 4.78 is 0. The Morgan fingerprint density at radius 3 is 0.889 bits per heavy atom. The lowest BCUT2D eigenvalue weighted by atomic mass is 9.82. The Morgan fingerprint density at radius 2 is 0.630 bits per heavy atom. The number of nitrogens with two attached hydrogens (primary N) is 1. The van der Waals surface area contributed by atoms with Gasteiger partial charge in [0, 0.05) is 5.54 Å². The van der Waals surface area contributed by atoms with Crippen molar-refractivity contribution < 1.29 is 0 Å². The molecule has 27 heavy (non-hydrogen) atoms. The second-order valence-corrected chi connectivity index (χ2v) is 8.92. The molecule has 0 fully saturated rings. The molecule has 0 saturated carbocycles. The zero-order valence-corrected chi connectivity index (χ0v) is 20.2. The summed E-state index contributed by atoms with van der Waals surface area (Å²) in [5.41, 5.74) is 7.06. The first kappa shape index (κ1) is 29.5. The Bertz CT molecular complexity index is 226. The van der Waals surface area contributed by atoms with Gasteiger partial charge in [-0.3, -0.25) is 0 Å². The zero-order valence-electron chi connectivity index (χ0n) is 19.3. The first-order valence-corrected chi connectivity index (χ1v) is 12.5. The largest absolute Gasteiger partial charge is 0.325 e. The second-order valence-electron chi connectivity index (χ2n) is 8.92. The van der Waals surface area contributed by atoms with Crippen LogP contribution in [0.2, 0.25) is 0 Å². The fourth-order valence-corrected chi connectivity index (χ4v) is 4.15. The van der Waals surface area contributed by atoms with E-state index in [1.54, 1.807) is 0 Å². The van der Waals surface area contributed by atoms with Gasteiger partial charge in [-0.15, -0.1) is 12.4 Å². The van der Waals surface area contributed by atoms with Crippen LogP contribution >= 0.6 is 12.4 Å². The Kier molecular flexibility index (Phi) is 24.6. The van der Waals surface area contributed by atoms with E-state index < -0.39 is 0 Å². The van der Waals surface area contributed by atoms with Gasteiger partial charge in [-0.1, -0.05) is 136 Å². The average Bonchev–Trinajstić information content (AvgIpc) is 2.64. The van der Waals surface area contributed by atoms with Gasteiger partial charge < -0.3 is 5.73 Å². The minimum atomic E-state index is 0. The first-order chi connectivity index (χ1) is 12.7. The normalized spacial score (nSPS) is 11.6. The van der Waals surface area contributed by atoms with Crippen LogP contribution in [0.5, 0.6) is 0 Å². The topological polar surface area (TPSA) is 26.0 Å². The van der Waals surface area contributed by atoms with E-state index in [4.69, 9.17) is 5.73 Å². The number of halogens is 1. The summed E-state index contributed by atoms with van der Waals surface area (Å²) in [5.74, 6) is 0. The standard InChI is InChI=1S/C25H53N.ClH/c1-4-7-10-13-16-19-22-25(26,23-20-17-14-11-8-5-2)24-21-18-15-12-9-6-3;/h4-24,26H2,1-3H3;1H. The predicted octanol–water partition coefficient (Wildman–Crippen LogP) is 9.36. The highest BCUT2D eigenvalue weighted by molar-refractivity contribution is 5.85. The molecular formula is C25H54ClN. The van der Waals surface area contributed by atoms with E-state index in [9.17, 15) is 0 Å². The van der Waals surface area contributed by atoms with E-state index in [0.717, 1.165) is 0 Å². The lowest BCUT2D eigenvalue weighted by Crippen LogP contribution is -2.39. The van der Waals surface area contributed by atoms with Crippen molar-refractivity contribution in [3.05, 3.63) is 0 Å². The number of hydrogen-bond acceptors (Lipinski definition) is 1. The fourth-order valence-electron chi connectivity index (χ4n) is 4.15. The molecule has 0 aliphatic rings. The molecule has 0 unspecified atom stereocenters. The zero-order chi connectivity index (χ0) is 19.3. The molecule has 1 nitrogen and oxygen atoms in total. The number of hydrogen-bond donors (Lipinski definition) is 1. The average molecular weight is 404 g/mol. The Hall–Kier alpha value is 0.250. The summed E-state index contributed by atoms with van der Waals surface area (Å²) in [7, 11) is 0. The van der Waals surface area contributed by atoms with E-state index >= 15 is 0 Å². The van der Waals surface area contributed by atoms with Crippen molar-refractivity contribution in [3.63, 3.8) is 0 Å². The highest BCUT2D eigenvalue weighted by Crippen LogP contribution is 2.27. The van der Waals surface area contributed by atoms with Crippen LogP contribution in [-0.2, 0) is 0 Å². The molecule has 0 aromatic rings. The van der Waals surface area contributed by atoms with Crippen LogP contribution in [0.1, 0.15) is 156 Å². The molecule has 0 aromatic heterocycles. The van der Waals surface area contributed by atoms with Crippen LogP contribution < -0.4 is 5.73 Å². The third-order valence-corrected chi connectivity index (χ3v) is 6.08. The van der Waals surface area contributed by atoms with Gasteiger partial charge in [0.05, 0.1) is 0 Å². The van der Waals surface area contributed by atoms with Gasteiger partial charge in [-0.05, 0) is 19.3 Å². The third-order valence-electron chi connectivity index (χ3n) is 6.08. The third kappa shape index (κ3) is 20.8. The van der Waals surface area contributed by atoms with Gasteiger partial charge in [0.25, 0.3) is 0 Å². The van der Waals surface area contributed by atoms with Crippen LogP contribution in [0.4, 0.5) is 0 Å². The first-order valence-electron chi connectivity index (χ1n) is 12.5. The van der Waals surface area contributed by atoms with Crippen LogP contribution in [0.3, 0.4) is 0 Å². The SMILES string of the molecule is CCCCCCCCC(N)(CCCCCCCC)CCCCCCCC.Cl. The van der Waals surface area contributed by atoms with Crippen LogP contribution in [0, 0.1) is 0 Å². The van der Waals surface area contributed by atoms with Crippen molar-refractivity contribution in [2.24, 2.45) is 5.73 Å². The van der Waals surface area contributed by atoms with Gasteiger partial charge in [-0.2, -0.15) is 0 Å². The molecule has 0 saturated heterocycles. The van der Waals surface area contributed by atoms with Crippen molar-refractivity contribution >= 4 is 12.4 Å². The molecule has 0 aliphatic carbocycles. The molecule has 0 amide bonds. The maximum Gasteiger partial charge on any atom is 0.0154 e. The van der Waals surface area contributed by atoms with E-state index in [1.165, 1.54) is 135 Å². The highest BCUT2D eigenvalue weighted by Gasteiger charge is 2.23. The molecule has 0 bridgehead atoms. The molecule has 0 radical (unpaired) electrons. The Labute approximate surface area is 179 Å². The van der Waals surface area contributed by atoms with Crippen molar-refractivity contribution in [3.8, 4) is 0 Å². The van der Waals surface area contributed by atoms with Gasteiger partial charge in [-0.25, -0.2) is 0 Å². The highest BCUT2D eigenvalue weighted by atomic mass is 35.5. The molecule has 0 spiro atoms. The molecule has 2 heteroatoms. The van der Waals surface area contributed by atoms with E-state index in [0.29, 0.717) is 0 Å². The lowest BCUT2D eigenvalue weighted by Gasteiger charge is -2.30. The summed E-state index contributed by atoms with van der Waals surface area (Å²) in [5, 5.41) is 0. The Morgan fingerprint density at radius 1 is 0.407 bits per heavy atom. The van der Waals surface area contributed by atoms with E-state index in [2.05, 4.69) is 20.8 Å². The smallest absolute Gasteiger partial charge is 0.0154 e. The van der Waals surface area contributed by atoms with Crippen LogP contribution in [0.25, 0.3) is 0 Å². The summed E-state index contributed by atoms with van der Waals surface area (Å²) >= 11 is 0. The molecule has 2 N–H and O–H groups in total. The van der Waals surface area contributed by atoms with Crippen molar-refractivity contribution in [2.75, 3.05) is 0 Å². The summed E-state index contributed by atoms with van der Waals surface area (Å²) in [4.78, 5) is 0. The van der Waals surface area contributed by atoms with Crippen molar-refractivity contribution in [2.45, 2.75) is 161 Å². The fraction of sp³-hybridized carbons (Fsp3) is 1.00. The molecule has 166 valence electrons. The second kappa shape index (κ2) is 22.5. The minimum Gasteiger partial charge on any atom is -0.325 e. The van der Waals surface area contributed by atoms with Gasteiger partial charge in [0.1, 0.15) is 0 Å². The lowest BCUT2D eigenvalue weighted by molar-refractivity contribution is 0.302. The molecule has 0 aliphatic heterocycles. The Balaban J connectivity index is 0. The minimum absolute atomic E-state index is 0. The van der Waals surface area contributed by atoms with Crippen molar-refractivity contribution in [1.82, 2.24) is 0 Å². The van der Waals surface area contributed by atoms with Gasteiger partial charge in [0.15, 0.2) is 0 Å². The summed E-state index contributed by atoms with van der Waals surface area (Å²) in [6.45, 7) is 6.89. The maximum atomic E-state index is 6.92. The monoisotopic (exact) mass is 403 g/mol. The molecule has 0 rings (SSSR count). The number of rotatable bonds is 21. The van der Waals surface area contributed by atoms with Gasteiger partial charge >= 0.3 is 0 Å². The molecule has 0 aromatic carbocycles. The number of unbranched alkanes of at least 4 members (excludes halogenated alkanes) is 15. The maximum absolute atomic E-state index is 6.92. The van der Waals surface area contributed by atoms with Gasteiger partial charge in [0.2, 0.25) is 0 Å². The quantitative estimate of drug-likeness (QED) is 0.190. The van der Waals surface area contributed by atoms with Crippen molar-refractivity contribution in [1.29, 1.82) is 0 Å². The van der Waals surface area contributed by atoms with E-state index in [1.807, 2.05) is 0 Å². The summed E-state index contributed by atoms with van der Waals surface area (Å²) in [6.07, 6.45) is 28.8. The summed E-state index contributed by atoms with van der Waals surface area (Å²) in [6, 6.07) is 0. The van der Waals surface area contributed by atoms with Crippen LogP contribution in [-0.4, -0.2) is 5.54 Å². The molecule has 0 heterocycles. The predicted molar refractivity (Wildman–Crippen MR) is 128 cm³/mol. The van der Waals surface area contributed by atoms with E-state index in [-0.39, 0.29) is 17.9 Å². The molecular weight excluding hydrogens is 350 g/mol. The molecule has 0 atom stereocenters. The van der Waals surface area contributed by atoms with Crippen LogP contribution in [0.15, 0.2) is 0 Å².